The van der Waals surface area contributed by atoms with Crippen molar-refractivity contribution in [3.63, 3.8) is 0 Å². The van der Waals surface area contributed by atoms with Crippen molar-refractivity contribution < 1.29 is 0 Å². The third kappa shape index (κ3) is 4.04. The third-order valence-electron chi connectivity index (χ3n) is 3.00. The van der Waals surface area contributed by atoms with Crippen LogP contribution in [0.1, 0.15) is 26.3 Å². The molecule has 0 aliphatic rings. The van der Waals surface area contributed by atoms with Crippen LogP contribution < -0.4 is 10.2 Å². The lowest BCUT2D eigenvalue weighted by Gasteiger charge is -2.19. The number of benzene rings is 1. The molecular weight excluding hydrogens is 286 g/mol. The summed E-state index contributed by atoms with van der Waals surface area (Å²) >= 11 is 5.92. The van der Waals surface area contributed by atoms with Gasteiger partial charge in [-0.05, 0) is 34.7 Å². The zero-order valence-corrected chi connectivity index (χ0v) is 13.7. The standard InChI is InChI=1S/C15H20ClN5/c1-15(2,3)10-6-8-11(9-7-10)17-13-18-12(16)19-14(20-13)21(4)5/h6-9H,1-5H3,(H,17,18,19,20). The molecule has 112 valence electrons. The van der Waals surface area contributed by atoms with E-state index in [1.54, 1.807) is 4.90 Å². The second-order valence-corrected chi connectivity index (χ2v) is 6.41. The van der Waals surface area contributed by atoms with Crippen LogP contribution in [0.3, 0.4) is 0 Å². The normalized spacial score (nSPS) is 11.3. The topological polar surface area (TPSA) is 53.9 Å². The van der Waals surface area contributed by atoms with Gasteiger partial charge in [-0.15, -0.1) is 0 Å². The number of nitrogens with zero attached hydrogens (tertiary/aromatic N) is 4. The van der Waals surface area contributed by atoms with Crippen molar-refractivity contribution in [3.8, 4) is 0 Å². The fourth-order valence-corrected chi connectivity index (χ4v) is 1.93. The van der Waals surface area contributed by atoms with E-state index >= 15 is 0 Å². The highest BCUT2D eigenvalue weighted by Crippen LogP contribution is 2.24. The van der Waals surface area contributed by atoms with E-state index in [-0.39, 0.29) is 10.7 Å². The van der Waals surface area contributed by atoms with Gasteiger partial charge in [0.2, 0.25) is 17.2 Å². The summed E-state index contributed by atoms with van der Waals surface area (Å²) in [5.41, 5.74) is 2.32. The Kier molecular flexibility index (Phi) is 4.32. The average molecular weight is 306 g/mol. The van der Waals surface area contributed by atoms with E-state index in [4.69, 9.17) is 11.6 Å². The van der Waals surface area contributed by atoms with E-state index in [2.05, 4.69) is 53.2 Å². The van der Waals surface area contributed by atoms with Crippen LogP contribution in [0.2, 0.25) is 5.28 Å². The lowest BCUT2D eigenvalue weighted by atomic mass is 9.87. The molecule has 0 aliphatic heterocycles. The molecule has 0 unspecified atom stereocenters. The van der Waals surface area contributed by atoms with E-state index in [0.29, 0.717) is 11.9 Å². The lowest BCUT2D eigenvalue weighted by molar-refractivity contribution is 0.590. The molecule has 5 nitrogen and oxygen atoms in total. The molecule has 0 saturated heterocycles. The second-order valence-electron chi connectivity index (χ2n) is 6.07. The molecule has 2 aromatic rings. The van der Waals surface area contributed by atoms with Crippen molar-refractivity contribution >= 4 is 29.2 Å². The van der Waals surface area contributed by atoms with E-state index < -0.39 is 0 Å². The highest BCUT2D eigenvalue weighted by atomic mass is 35.5. The minimum absolute atomic E-state index is 0.132. The summed E-state index contributed by atoms with van der Waals surface area (Å²) in [4.78, 5) is 14.2. The fraction of sp³-hybridized carbons (Fsp3) is 0.400. The predicted molar refractivity (Wildman–Crippen MR) is 87.6 cm³/mol. The van der Waals surface area contributed by atoms with Crippen LogP contribution in [0.4, 0.5) is 17.6 Å². The number of aromatic nitrogens is 3. The molecule has 6 heteroatoms. The van der Waals surface area contributed by atoms with Crippen LogP contribution in [-0.4, -0.2) is 29.0 Å². The van der Waals surface area contributed by atoms with Crippen LogP contribution in [0.25, 0.3) is 0 Å². The van der Waals surface area contributed by atoms with E-state index in [1.165, 1.54) is 5.56 Å². The van der Waals surface area contributed by atoms with E-state index in [9.17, 15) is 0 Å². The maximum Gasteiger partial charge on any atom is 0.233 e. The van der Waals surface area contributed by atoms with Crippen LogP contribution in [0.15, 0.2) is 24.3 Å². The highest BCUT2D eigenvalue weighted by molar-refractivity contribution is 6.28. The first-order chi connectivity index (χ1) is 9.75. The molecule has 0 saturated carbocycles. The molecule has 0 atom stereocenters. The summed E-state index contributed by atoms with van der Waals surface area (Å²) in [6.45, 7) is 6.56. The van der Waals surface area contributed by atoms with Gasteiger partial charge >= 0.3 is 0 Å². The van der Waals surface area contributed by atoms with Crippen molar-refractivity contribution in [1.82, 2.24) is 15.0 Å². The quantitative estimate of drug-likeness (QED) is 0.938. The van der Waals surface area contributed by atoms with Crippen LogP contribution >= 0.6 is 11.6 Å². The number of hydrogen-bond acceptors (Lipinski definition) is 5. The number of anilines is 3. The summed E-state index contributed by atoms with van der Waals surface area (Å²) < 4.78 is 0. The Bertz CT molecular complexity index is 617. The Morgan fingerprint density at radius 1 is 1.00 bits per heavy atom. The average Bonchev–Trinajstić information content (AvgIpc) is 2.37. The Hall–Kier alpha value is -1.88. The van der Waals surface area contributed by atoms with Gasteiger partial charge in [0, 0.05) is 19.8 Å². The molecule has 2 rings (SSSR count). The summed E-state index contributed by atoms with van der Waals surface area (Å²) in [6, 6.07) is 8.21. The van der Waals surface area contributed by atoms with Crippen molar-refractivity contribution in [1.29, 1.82) is 0 Å². The Morgan fingerprint density at radius 3 is 2.14 bits per heavy atom. The molecule has 0 fully saturated rings. The molecule has 1 aromatic heterocycles. The van der Waals surface area contributed by atoms with Gasteiger partial charge in [-0.3, -0.25) is 0 Å². The molecule has 1 heterocycles. The molecule has 0 amide bonds. The Labute approximate surface area is 130 Å². The van der Waals surface area contributed by atoms with Crippen molar-refractivity contribution in [3.05, 3.63) is 35.1 Å². The number of rotatable bonds is 3. The first kappa shape index (κ1) is 15.5. The molecule has 1 N–H and O–H groups in total. The van der Waals surface area contributed by atoms with Gasteiger partial charge in [0.1, 0.15) is 0 Å². The van der Waals surface area contributed by atoms with Gasteiger partial charge in [0.15, 0.2) is 0 Å². The van der Waals surface area contributed by atoms with Gasteiger partial charge in [-0.2, -0.15) is 15.0 Å². The zero-order chi connectivity index (χ0) is 15.6. The molecule has 0 radical (unpaired) electrons. The summed E-state index contributed by atoms with van der Waals surface area (Å²) in [5, 5.41) is 3.31. The maximum atomic E-state index is 5.92. The van der Waals surface area contributed by atoms with Gasteiger partial charge < -0.3 is 10.2 Å². The molecule has 1 aromatic carbocycles. The first-order valence-corrected chi connectivity index (χ1v) is 7.10. The summed E-state index contributed by atoms with van der Waals surface area (Å²) in [5.74, 6) is 0.950. The van der Waals surface area contributed by atoms with Crippen LogP contribution in [-0.2, 0) is 5.41 Å². The van der Waals surface area contributed by atoms with Crippen molar-refractivity contribution in [2.24, 2.45) is 0 Å². The van der Waals surface area contributed by atoms with E-state index in [0.717, 1.165) is 5.69 Å². The first-order valence-electron chi connectivity index (χ1n) is 6.72. The van der Waals surface area contributed by atoms with Gasteiger partial charge in [0.25, 0.3) is 0 Å². The number of nitrogens with one attached hydrogen (secondary N) is 1. The number of halogens is 1. The monoisotopic (exact) mass is 305 g/mol. The SMILES string of the molecule is CN(C)c1nc(Cl)nc(Nc2ccc(C(C)(C)C)cc2)n1. The minimum atomic E-state index is 0.132. The maximum absolute atomic E-state index is 5.92. The molecule has 21 heavy (non-hydrogen) atoms. The van der Waals surface area contributed by atoms with Gasteiger partial charge in [-0.1, -0.05) is 32.9 Å². The zero-order valence-electron chi connectivity index (χ0n) is 13.0. The Balaban J connectivity index is 2.22. The molecular formula is C15H20ClN5. The van der Waals surface area contributed by atoms with Crippen molar-refractivity contribution in [2.45, 2.75) is 26.2 Å². The second kappa shape index (κ2) is 5.85. The third-order valence-corrected chi connectivity index (χ3v) is 3.17. The Morgan fingerprint density at radius 2 is 1.62 bits per heavy atom. The minimum Gasteiger partial charge on any atom is -0.347 e. The largest absolute Gasteiger partial charge is 0.347 e. The fourth-order valence-electron chi connectivity index (χ4n) is 1.78. The van der Waals surface area contributed by atoms with Crippen LogP contribution in [0.5, 0.6) is 0 Å². The highest BCUT2D eigenvalue weighted by Gasteiger charge is 2.13. The lowest BCUT2D eigenvalue weighted by Crippen LogP contribution is -2.14. The molecule has 0 spiro atoms. The van der Waals surface area contributed by atoms with Gasteiger partial charge in [-0.25, -0.2) is 0 Å². The predicted octanol–water partition coefficient (Wildman–Crippen LogP) is 3.63. The molecule has 0 bridgehead atoms. The summed E-state index contributed by atoms with van der Waals surface area (Å²) in [7, 11) is 3.71. The van der Waals surface area contributed by atoms with Gasteiger partial charge in [0.05, 0.1) is 0 Å². The van der Waals surface area contributed by atoms with Crippen LogP contribution in [0, 0.1) is 0 Å². The number of hydrogen-bond donors (Lipinski definition) is 1. The van der Waals surface area contributed by atoms with Crippen molar-refractivity contribution in [2.75, 3.05) is 24.3 Å². The summed E-state index contributed by atoms with van der Waals surface area (Å²) in [6.07, 6.45) is 0. The molecule has 0 aliphatic carbocycles. The van der Waals surface area contributed by atoms with E-state index in [1.807, 2.05) is 26.2 Å². The smallest absolute Gasteiger partial charge is 0.233 e.